The van der Waals surface area contributed by atoms with Crippen LogP contribution < -0.4 is 0 Å². The molecule has 1 fully saturated rings. The maximum absolute atomic E-state index is 3.70. The molecule has 1 aromatic heterocycles. The third kappa shape index (κ3) is 4.07. The van der Waals surface area contributed by atoms with Crippen molar-refractivity contribution in [3.8, 4) is 0 Å². The monoisotopic (exact) mass is 329 g/mol. The van der Waals surface area contributed by atoms with Gasteiger partial charge in [0.2, 0.25) is 0 Å². The molecular weight excluding hydrogens is 306 g/mol. The standard InChI is InChI=1S/C15H24BrNS/c1-15(2,3)12(9-16)10-17(13-6-7-13)11-14-5-4-8-18-14/h4-5,8,12-13H,6-7,9-11H2,1-3H3. The smallest absolute Gasteiger partial charge is 0.0330 e. The van der Waals surface area contributed by atoms with Gasteiger partial charge in [-0.2, -0.15) is 0 Å². The highest BCUT2D eigenvalue weighted by molar-refractivity contribution is 9.09. The molecule has 1 aliphatic rings. The number of hydrogen-bond donors (Lipinski definition) is 0. The van der Waals surface area contributed by atoms with Crippen molar-refractivity contribution in [1.82, 2.24) is 4.90 Å². The minimum Gasteiger partial charge on any atom is -0.295 e. The predicted molar refractivity (Wildman–Crippen MR) is 84.5 cm³/mol. The molecule has 0 spiro atoms. The topological polar surface area (TPSA) is 3.24 Å². The van der Waals surface area contributed by atoms with E-state index in [1.54, 1.807) is 0 Å². The van der Waals surface area contributed by atoms with Crippen LogP contribution in [0.1, 0.15) is 38.5 Å². The van der Waals surface area contributed by atoms with Gasteiger partial charge in [-0.15, -0.1) is 11.3 Å². The van der Waals surface area contributed by atoms with Crippen LogP contribution in [0, 0.1) is 11.3 Å². The van der Waals surface area contributed by atoms with Crippen molar-refractivity contribution >= 4 is 27.3 Å². The fourth-order valence-electron chi connectivity index (χ4n) is 2.22. The highest BCUT2D eigenvalue weighted by Crippen LogP contribution is 2.34. The van der Waals surface area contributed by atoms with Crippen molar-refractivity contribution in [3.05, 3.63) is 22.4 Å². The van der Waals surface area contributed by atoms with Crippen LogP contribution >= 0.6 is 27.3 Å². The Kier molecular flexibility index (Phi) is 4.90. The van der Waals surface area contributed by atoms with Crippen molar-refractivity contribution in [3.63, 3.8) is 0 Å². The number of hydrogen-bond acceptors (Lipinski definition) is 2. The number of rotatable bonds is 6. The summed E-state index contributed by atoms with van der Waals surface area (Å²) in [5.41, 5.74) is 0.381. The van der Waals surface area contributed by atoms with Gasteiger partial charge < -0.3 is 0 Å². The summed E-state index contributed by atoms with van der Waals surface area (Å²) >= 11 is 5.59. The molecule has 1 aromatic rings. The quantitative estimate of drug-likeness (QED) is 0.679. The summed E-state index contributed by atoms with van der Waals surface area (Å²) in [4.78, 5) is 4.20. The lowest BCUT2D eigenvalue weighted by atomic mass is 9.81. The Balaban J connectivity index is 1.97. The first-order valence-electron chi connectivity index (χ1n) is 6.83. The minimum atomic E-state index is 0.381. The lowest BCUT2D eigenvalue weighted by Crippen LogP contribution is -2.37. The van der Waals surface area contributed by atoms with Gasteiger partial charge in [0, 0.05) is 29.3 Å². The van der Waals surface area contributed by atoms with Crippen LogP contribution in [0.3, 0.4) is 0 Å². The van der Waals surface area contributed by atoms with Gasteiger partial charge in [-0.25, -0.2) is 0 Å². The Labute approximate surface area is 124 Å². The van der Waals surface area contributed by atoms with E-state index in [9.17, 15) is 0 Å². The predicted octanol–water partition coefficient (Wildman–Crippen LogP) is 4.77. The van der Waals surface area contributed by atoms with E-state index < -0.39 is 0 Å². The highest BCUT2D eigenvalue weighted by Gasteiger charge is 2.33. The summed E-state index contributed by atoms with van der Waals surface area (Å²) in [7, 11) is 0. The molecule has 1 saturated carbocycles. The lowest BCUT2D eigenvalue weighted by molar-refractivity contribution is 0.154. The van der Waals surface area contributed by atoms with Gasteiger partial charge in [0.15, 0.2) is 0 Å². The molecule has 0 aromatic carbocycles. The van der Waals surface area contributed by atoms with Crippen LogP contribution in [0.5, 0.6) is 0 Å². The van der Waals surface area contributed by atoms with E-state index in [0.29, 0.717) is 5.41 Å². The average molecular weight is 330 g/mol. The molecule has 3 heteroatoms. The van der Waals surface area contributed by atoms with E-state index in [2.05, 4.69) is 59.1 Å². The van der Waals surface area contributed by atoms with Crippen molar-refractivity contribution in [2.75, 3.05) is 11.9 Å². The van der Waals surface area contributed by atoms with Crippen molar-refractivity contribution in [2.24, 2.45) is 11.3 Å². The number of halogens is 1. The van der Waals surface area contributed by atoms with Crippen LogP contribution in [-0.4, -0.2) is 22.8 Å². The molecule has 18 heavy (non-hydrogen) atoms. The first-order chi connectivity index (χ1) is 8.50. The second kappa shape index (κ2) is 6.06. The molecule has 0 bridgehead atoms. The molecule has 0 amide bonds. The van der Waals surface area contributed by atoms with Gasteiger partial charge in [-0.05, 0) is 35.6 Å². The fraction of sp³-hybridized carbons (Fsp3) is 0.733. The molecule has 2 rings (SSSR count). The molecular formula is C15H24BrNS. The lowest BCUT2D eigenvalue weighted by Gasteiger charge is -2.34. The van der Waals surface area contributed by atoms with E-state index in [1.165, 1.54) is 24.3 Å². The summed E-state index contributed by atoms with van der Waals surface area (Å²) in [6, 6.07) is 5.27. The maximum Gasteiger partial charge on any atom is 0.0330 e. The van der Waals surface area contributed by atoms with Gasteiger partial charge in [0.05, 0.1) is 0 Å². The van der Waals surface area contributed by atoms with E-state index in [4.69, 9.17) is 0 Å². The average Bonchev–Trinajstić information content (AvgIpc) is 3.01. The molecule has 0 aliphatic heterocycles. The van der Waals surface area contributed by atoms with Gasteiger partial charge in [-0.1, -0.05) is 42.8 Å². The molecule has 1 unspecified atom stereocenters. The normalized spacial score (nSPS) is 18.3. The third-order valence-electron chi connectivity index (χ3n) is 3.87. The molecule has 0 N–H and O–H groups in total. The Hall–Kier alpha value is 0.140. The minimum absolute atomic E-state index is 0.381. The summed E-state index contributed by atoms with van der Waals surface area (Å²) < 4.78 is 0. The first kappa shape index (κ1) is 14.5. The van der Waals surface area contributed by atoms with Gasteiger partial charge in [0.25, 0.3) is 0 Å². The van der Waals surface area contributed by atoms with Crippen molar-refractivity contribution in [2.45, 2.75) is 46.2 Å². The first-order valence-corrected chi connectivity index (χ1v) is 8.83. The van der Waals surface area contributed by atoms with Gasteiger partial charge in [-0.3, -0.25) is 4.90 Å². The molecule has 1 nitrogen and oxygen atoms in total. The van der Waals surface area contributed by atoms with E-state index in [-0.39, 0.29) is 0 Å². The zero-order valence-electron chi connectivity index (χ0n) is 11.7. The zero-order chi connectivity index (χ0) is 13.2. The second-order valence-electron chi connectivity index (χ2n) is 6.46. The summed E-state index contributed by atoms with van der Waals surface area (Å²) in [5.74, 6) is 0.720. The number of nitrogens with zero attached hydrogens (tertiary/aromatic N) is 1. The maximum atomic E-state index is 3.70. The van der Waals surface area contributed by atoms with Crippen LogP contribution in [0.2, 0.25) is 0 Å². The molecule has 1 aliphatic carbocycles. The fourth-order valence-corrected chi connectivity index (χ4v) is 4.13. The third-order valence-corrected chi connectivity index (χ3v) is 5.51. The number of alkyl halides is 1. The van der Waals surface area contributed by atoms with E-state index >= 15 is 0 Å². The zero-order valence-corrected chi connectivity index (χ0v) is 14.1. The number of thiophene rings is 1. The van der Waals surface area contributed by atoms with E-state index in [0.717, 1.165) is 23.8 Å². The summed E-state index contributed by atoms with van der Waals surface area (Å²) in [6.07, 6.45) is 2.79. The summed E-state index contributed by atoms with van der Waals surface area (Å²) in [5, 5.41) is 3.29. The summed E-state index contributed by atoms with van der Waals surface area (Å²) in [6.45, 7) is 9.43. The van der Waals surface area contributed by atoms with Crippen LogP contribution in [0.25, 0.3) is 0 Å². The van der Waals surface area contributed by atoms with Gasteiger partial charge >= 0.3 is 0 Å². The Morgan fingerprint density at radius 1 is 1.44 bits per heavy atom. The largest absolute Gasteiger partial charge is 0.295 e. The molecule has 1 heterocycles. The van der Waals surface area contributed by atoms with E-state index in [1.807, 2.05) is 11.3 Å². The van der Waals surface area contributed by atoms with Crippen molar-refractivity contribution in [1.29, 1.82) is 0 Å². The van der Waals surface area contributed by atoms with Crippen molar-refractivity contribution < 1.29 is 0 Å². The highest BCUT2D eigenvalue weighted by atomic mass is 79.9. The molecule has 0 saturated heterocycles. The molecule has 1 atom stereocenters. The molecule has 0 radical (unpaired) electrons. The Bertz CT molecular complexity index is 351. The van der Waals surface area contributed by atoms with Crippen LogP contribution in [0.4, 0.5) is 0 Å². The molecule has 102 valence electrons. The Morgan fingerprint density at radius 2 is 2.17 bits per heavy atom. The van der Waals surface area contributed by atoms with Crippen LogP contribution in [0.15, 0.2) is 17.5 Å². The Morgan fingerprint density at radius 3 is 2.61 bits per heavy atom. The van der Waals surface area contributed by atoms with Gasteiger partial charge in [0.1, 0.15) is 0 Å². The van der Waals surface area contributed by atoms with Crippen LogP contribution in [-0.2, 0) is 6.54 Å². The SMILES string of the molecule is CC(C)(C)C(CBr)CN(Cc1cccs1)C1CC1. The second-order valence-corrected chi connectivity index (χ2v) is 8.14.